The Morgan fingerprint density at radius 2 is 1.88 bits per heavy atom. The topological polar surface area (TPSA) is 78.5 Å². The first-order valence-electron chi connectivity index (χ1n) is 8.80. The van der Waals surface area contributed by atoms with Gasteiger partial charge in [-0.25, -0.2) is 4.79 Å². The fourth-order valence-corrected chi connectivity index (χ4v) is 2.84. The van der Waals surface area contributed by atoms with Crippen molar-refractivity contribution in [1.82, 2.24) is 15.5 Å². The van der Waals surface area contributed by atoms with E-state index in [1.54, 1.807) is 6.92 Å². The third-order valence-electron chi connectivity index (χ3n) is 4.58. The number of carbonyl (C=O) groups is 3. The Morgan fingerprint density at radius 1 is 1.24 bits per heavy atom. The van der Waals surface area contributed by atoms with E-state index < -0.39 is 17.5 Å². The normalized spacial score (nSPS) is 20.1. The third kappa shape index (κ3) is 4.00. The number of nitrogens with zero attached hydrogens (tertiary/aromatic N) is 1. The van der Waals surface area contributed by atoms with Gasteiger partial charge >= 0.3 is 6.03 Å². The number of benzene rings is 1. The summed E-state index contributed by atoms with van der Waals surface area (Å²) < 4.78 is 0. The molecule has 0 aromatic heterocycles. The van der Waals surface area contributed by atoms with E-state index in [2.05, 4.69) is 24.5 Å². The molecule has 1 aromatic rings. The fourth-order valence-electron chi connectivity index (χ4n) is 2.84. The van der Waals surface area contributed by atoms with E-state index in [0.717, 1.165) is 23.3 Å². The average Bonchev–Trinajstić information content (AvgIpc) is 2.79. The number of unbranched alkanes of at least 4 members (excludes halogenated alkanes) is 1. The van der Waals surface area contributed by atoms with Gasteiger partial charge in [0, 0.05) is 6.54 Å². The van der Waals surface area contributed by atoms with E-state index in [1.165, 1.54) is 0 Å². The minimum atomic E-state index is -1.14. The summed E-state index contributed by atoms with van der Waals surface area (Å²) in [5.74, 6) is -0.337. The van der Waals surface area contributed by atoms with Crippen molar-refractivity contribution in [2.75, 3.05) is 13.1 Å². The van der Waals surface area contributed by atoms with Crippen LogP contribution in [0.25, 0.3) is 0 Å². The van der Waals surface area contributed by atoms with Crippen LogP contribution in [0.5, 0.6) is 0 Å². The number of hydrogen-bond donors (Lipinski definition) is 2. The lowest BCUT2D eigenvalue weighted by Gasteiger charge is -2.22. The van der Waals surface area contributed by atoms with Crippen molar-refractivity contribution in [2.45, 2.75) is 52.0 Å². The third-order valence-corrected chi connectivity index (χ3v) is 4.58. The van der Waals surface area contributed by atoms with Crippen LogP contribution in [0, 0.1) is 0 Å². The maximum atomic E-state index is 12.8. The van der Waals surface area contributed by atoms with Gasteiger partial charge in [0.1, 0.15) is 12.1 Å². The van der Waals surface area contributed by atoms with Crippen molar-refractivity contribution < 1.29 is 14.4 Å². The summed E-state index contributed by atoms with van der Waals surface area (Å²) in [6.07, 6.45) is 1.83. The molecular formula is C19H27N3O3. The molecule has 0 unspecified atom stereocenters. The Kier molecular flexibility index (Phi) is 5.82. The van der Waals surface area contributed by atoms with Gasteiger partial charge in [-0.05, 0) is 30.4 Å². The first-order valence-corrected chi connectivity index (χ1v) is 8.80. The van der Waals surface area contributed by atoms with Gasteiger partial charge < -0.3 is 10.6 Å². The van der Waals surface area contributed by atoms with E-state index >= 15 is 0 Å². The molecule has 4 amide bonds. The average molecular weight is 345 g/mol. The van der Waals surface area contributed by atoms with Crippen LogP contribution in [-0.4, -0.2) is 35.8 Å². The van der Waals surface area contributed by atoms with Crippen LogP contribution in [0.4, 0.5) is 4.79 Å². The molecule has 6 nitrogen and oxygen atoms in total. The molecule has 0 saturated carbocycles. The van der Waals surface area contributed by atoms with Crippen molar-refractivity contribution in [3.63, 3.8) is 0 Å². The zero-order chi connectivity index (χ0) is 18.6. The molecule has 1 heterocycles. The number of imide groups is 1. The molecule has 2 N–H and O–H groups in total. The van der Waals surface area contributed by atoms with Crippen LogP contribution in [0.1, 0.15) is 57.6 Å². The highest BCUT2D eigenvalue weighted by atomic mass is 16.2. The Hall–Kier alpha value is -2.37. The van der Waals surface area contributed by atoms with E-state index in [9.17, 15) is 14.4 Å². The lowest BCUT2D eigenvalue weighted by atomic mass is 9.90. The Balaban J connectivity index is 2.12. The second-order valence-corrected chi connectivity index (χ2v) is 6.93. The number of carbonyl (C=O) groups excluding carboxylic acids is 3. The molecule has 6 heteroatoms. The van der Waals surface area contributed by atoms with Crippen LogP contribution >= 0.6 is 0 Å². The highest BCUT2D eigenvalue weighted by molar-refractivity contribution is 6.09. The van der Waals surface area contributed by atoms with Gasteiger partial charge in [-0.2, -0.15) is 0 Å². The van der Waals surface area contributed by atoms with E-state index in [-0.39, 0.29) is 12.5 Å². The number of nitrogens with one attached hydrogen (secondary N) is 2. The Morgan fingerprint density at radius 3 is 2.44 bits per heavy atom. The molecule has 1 aliphatic rings. The lowest BCUT2D eigenvalue weighted by Crippen LogP contribution is -2.43. The molecule has 0 spiro atoms. The van der Waals surface area contributed by atoms with Gasteiger partial charge in [0.15, 0.2) is 0 Å². The minimum Gasteiger partial charge on any atom is -0.355 e. The Bertz CT molecular complexity index is 654. The quantitative estimate of drug-likeness (QED) is 0.589. The maximum Gasteiger partial charge on any atom is 0.325 e. The number of amides is 4. The minimum absolute atomic E-state index is 0.256. The largest absolute Gasteiger partial charge is 0.355 e. The highest BCUT2D eigenvalue weighted by Gasteiger charge is 2.49. The van der Waals surface area contributed by atoms with Gasteiger partial charge in [-0.3, -0.25) is 14.5 Å². The zero-order valence-corrected chi connectivity index (χ0v) is 15.4. The SMILES string of the molecule is CCCCNC(=O)CN1C(=O)N[C@](C)(c2ccc(C(C)C)cc2)C1=O. The van der Waals surface area contributed by atoms with Crippen LogP contribution in [0.2, 0.25) is 0 Å². The molecule has 0 bridgehead atoms. The van der Waals surface area contributed by atoms with Crippen LogP contribution in [0.15, 0.2) is 24.3 Å². The fraction of sp³-hybridized carbons (Fsp3) is 0.526. The summed E-state index contributed by atoms with van der Waals surface area (Å²) in [6.45, 7) is 8.18. The van der Waals surface area contributed by atoms with Crippen LogP contribution < -0.4 is 10.6 Å². The van der Waals surface area contributed by atoms with Crippen molar-refractivity contribution in [2.24, 2.45) is 0 Å². The molecule has 1 fully saturated rings. The molecule has 1 atom stereocenters. The number of rotatable bonds is 7. The molecule has 0 radical (unpaired) electrons. The van der Waals surface area contributed by atoms with E-state index in [0.29, 0.717) is 18.0 Å². The summed E-state index contributed by atoms with van der Waals surface area (Å²) in [6, 6.07) is 7.11. The molecule has 1 aromatic carbocycles. The Labute approximate surface area is 149 Å². The van der Waals surface area contributed by atoms with Gasteiger partial charge in [0.05, 0.1) is 0 Å². The van der Waals surface area contributed by atoms with E-state index in [4.69, 9.17) is 0 Å². The molecule has 136 valence electrons. The molecule has 25 heavy (non-hydrogen) atoms. The van der Waals surface area contributed by atoms with Crippen molar-refractivity contribution in [1.29, 1.82) is 0 Å². The lowest BCUT2D eigenvalue weighted by molar-refractivity contribution is -0.134. The summed E-state index contributed by atoms with van der Waals surface area (Å²) in [7, 11) is 0. The summed E-state index contributed by atoms with van der Waals surface area (Å²) in [5.41, 5.74) is 0.733. The standard InChI is InChI=1S/C19H27N3O3/c1-5-6-11-20-16(23)12-22-17(24)19(4,21-18(22)25)15-9-7-14(8-10-15)13(2)3/h7-10,13H,5-6,11-12H2,1-4H3,(H,20,23)(H,21,25)/t19-/m1/s1. The summed E-state index contributed by atoms with van der Waals surface area (Å²) in [5, 5.41) is 5.45. The van der Waals surface area contributed by atoms with Crippen LogP contribution in [0.3, 0.4) is 0 Å². The first-order chi connectivity index (χ1) is 11.8. The second-order valence-electron chi connectivity index (χ2n) is 6.93. The number of urea groups is 1. The molecule has 1 saturated heterocycles. The van der Waals surface area contributed by atoms with Gasteiger partial charge in [-0.1, -0.05) is 51.5 Å². The van der Waals surface area contributed by atoms with Crippen molar-refractivity contribution in [3.8, 4) is 0 Å². The first kappa shape index (κ1) is 19.0. The molecule has 1 aliphatic heterocycles. The summed E-state index contributed by atoms with van der Waals surface area (Å²) in [4.78, 5) is 37.9. The highest BCUT2D eigenvalue weighted by Crippen LogP contribution is 2.29. The predicted molar refractivity (Wildman–Crippen MR) is 96.0 cm³/mol. The monoisotopic (exact) mass is 345 g/mol. The maximum absolute atomic E-state index is 12.8. The van der Waals surface area contributed by atoms with Gasteiger partial charge in [-0.15, -0.1) is 0 Å². The smallest absolute Gasteiger partial charge is 0.325 e. The van der Waals surface area contributed by atoms with Crippen molar-refractivity contribution >= 4 is 17.8 Å². The van der Waals surface area contributed by atoms with Gasteiger partial charge in [0.25, 0.3) is 5.91 Å². The molecular weight excluding hydrogens is 318 g/mol. The molecule has 2 rings (SSSR count). The van der Waals surface area contributed by atoms with Crippen LogP contribution in [-0.2, 0) is 15.1 Å². The van der Waals surface area contributed by atoms with Crippen molar-refractivity contribution in [3.05, 3.63) is 35.4 Å². The second kappa shape index (κ2) is 7.68. The zero-order valence-electron chi connectivity index (χ0n) is 15.4. The number of hydrogen-bond acceptors (Lipinski definition) is 3. The van der Waals surface area contributed by atoms with Gasteiger partial charge in [0.2, 0.25) is 5.91 Å². The predicted octanol–water partition coefficient (Wildman–Crippen LogP) is 2.49. The summed E-state index contributed by atoms with van der Waals surface area (Å²) >= 11 is 0. The van der Waals surface area contributed by atoms with E-state index in [1.807, 2.05) is 31.2 Å². The molecule has 0 aliphatic carbocycles.